The molecule has 2 aromatic rings. The van der Waals surface area contributed by atoms with Crippen molar-refractivity contribution < 1.29 is 4.74 Å². The Bertz CT molecular complexity index is 535. The van der Waals surface area contributed by atoms with Gasteiger partial charge in [0, 0.05) is 37.9 Å². The standard InChI is InChI=1S/C16H21N5O/c1-12-7-17-15(18-8-12)11-21-5-3-14(4-6-21)22-16-19-9-13(2)10-20-16/h7-10,14H,3-6,11H2,1-2H3. The number of hydrogen-bond acceptors (Lipinski definition) is 6. The van der Waals surface area contributed by atoms with E-state index in [4.69, 9.17) is 4.74 Å². The molecule has 0 unspecified atom stereocenters. The molecule has 0 atom stereocenters. The Hall–Kier alpha value is -2.08. The van der Waals surface area contributed by atoms with Crippen molar-refractivity contribution in [3.05, 3.63) is 41.7 Å². The Morgan fingerprint density at radius 1 is 0.955 bits per heavy atom. The zero-order chi connectivity index (χ0) is 15.4. The minimum Gasteiger partial charge on any atom is -0.460 e. The van der Waals surface area contributed by atoms with Gasteiger partial charge in [0.25, 0.3) is 0 Å². The first-order chi connectivity index (χ1) is 10.7. The van der Waals surface area contributed by atoms with E-state index < -0.39 is 0 Å². The molecule has 0 amide bonds. The van der Waals surface area contributed by atoms with Gasteiger partial charge in [-0.05, 0) is 37.8 Å². The van der Waals surface area contributed by atoms with Crippen molar-refractivity contribution in [3.8, 4) is 6.01 Å². The second kappa shape index (κ2) is 6.79. The Balaban J connectivity index is 1.47. The number of aromatic nitrogens is 4. The summed E-state index contributed by atoms with van der Waals surface area (Å²) in [5.41, 5.74) is 2.13. The molecule has 0 aromatic carbocycles. The van der Waals surface area contributed by atoms with Crippen molar-refractivity contribution in [3.63, 3.8) is 0 Å². The maximum Gasteiger partial charge on any atom is 0.316 e. The largest absolute Gasteiger partial charge is 0.460 e. The molecule has 3 heterocycles. The van der Waals surface area contributed by atoms with E-state index in [9.17, 15) is 0 Å². The van der Waals surface area contributed by atoms with Gasteiger partial charge in [-0.25, -0.2) is 19.9 Å². The fourth-order valence-corrected chi connectivity index (χ4v) is 2.48. The van der Waals surface area contributed by atoms with Crippen LogP contribution in [0.2, 0.25) is 0 Å². The van der Waals surface area contributed by atoms with Gasteiger partial charge in [0.15, 0.2) is 0 Å². The predicted octanol–water partition coefficient (Wildman–Crippen LogP) is 1.93. The van der Waals surface area contributed by atoms with Gasteiger partial charge >= 0.3 is 6.01 Å². The molecule has 0 N–H and O–H groups in total. The molecule has 0 saturated carbocycles. The van der Waals surface area contributed by atoms with Crippen molar-refractivity contribution in [1.82, 2.24) is 24.8 Å². The van der Waals surface area contributed by atoms with Crippen LogP contribution in [-0.4, -0.2) is 44.0 Å². The summed E-state index contributed by atoms with van der Waals surface area (Å²) in [6.45, 7) is 6.73. The first-order valence-corrected chi connectivity index (χ1v) is 7.64. The highest BCUT2D eigenvalue weighted by Crippen LogP contribution is 2.16. The predicted molar refractivity (Wildman–Crippen MR) is 82.5 cm³/mol. The molecule has 0 bridgehead atoms. The minimum absolute atomic E-state index is 0.192. The Morgan fingerprint density at radius 2 is 1.50 bits per heavy atom. The van der Waals surface area contributed by atoms with Crippen LogP contribution in [0.1, 0.15) is 29.8 Å². The number of rotatable bonds is 4. The molecule has 1 aliphatic heterocycles. The SMILES string of the molecule is Cc1cnc(CN2CCC(Oc3ncc(C)cn3)CC2)nc1. The monoisotopic (exact) mass is 299 g/mol. The van der Waals surface area contributed by atoms with Crippen molar-refractivity contribution in [2.75, 3.05) is 13.1 Å². The molecule has 6 heteroatoms. The van der Waals surface area contributed by atoms with Gasteiger partial charge in [-0.15, -0.1) is 0 Å². The zero-order valence-corrected chi connectivity index (χ0v) is 13.1. The summed E-state index contributed by atoms with van der Waals surface area (Å²) in [6, 6.07) is 0.478. The van der Waals surface area contributed by atoms with E-state index in [0.717, 1.165) is 49.4 Å². The summed E-state index contributed by atoms with van der Waals surface area (Å²) < 4.78 is 5.84. The van der Waals surface area contributed by atoms with Crippen LogP contribution in [0.25, 0.3) is 0 Å². The minimum atomic E-state index is 0.192. The summed E-state index contributed by atoms with van der Waals surface area (Å²) in [5, 5.41) is 0. The molecular formula is C16H21N5O. The molecule has 6 nitrogen and oxygen atoms in total. The molecule has 1 fully saturated rings. The average Bonchev–Trinajstić information content (AvgIpc) is 2.54. The topological polar surface area (TPSA) is 64.0 Å². The van der Waals surface area contributed by atoms with Crippen molar-refractivity contribution in [1.29, 1.82) is 0 Å². The summed E-state index contributed by atoms with van der Waals surface area (Å²) in [7, 11) is 0. The van der Waals surface area contributed by atoms with Crippen LogP contribution in [0, 0.1) is 13.8 Å². The molecule has 1 aliphatic rings. The van der Waals surface area contributed by atoms with Crippen LogP contribution in [-0.2, 0) is 6.54 Å². The molecule has 1 saturated heterocycles. The molecular weight excluding hydrogens is 278 g/mol. The lowest BCUT2D eigenvalue weighted by Crippen LogP contribution is -2.38. The summed E-state index contributed by atoms with van der Waals surface area (Å²) in [5.74, 6) is 0.881. The summed E-state index contributed by atoms with van der Waals surface area (Å²) in [6.07, 6.45) is 9.45. The summed E-state index contributed by atoms with van der Waals surface area (Å²) >= 11 is 0. The second-order valence-electron chi connectivity index (χ2n) is 5.81. The molecule has 0 radical (unpaired) electrons. The molecule has 0 aliphatic carbocycles. The van der Waals surface area contributed by atoms with Crippen molar-refractivity contribution in [2.45, 2.75) is 39.3 Å². The van der Waals surface area contributed by atoms with Crippen molar-refractivity contribution >= 4 is 0 Å². The average molecular weight is 299 g/mol. The van der Waals surface area contributed by atoms with E-state index in [0.29, 0.717) is 6.01 Å². The first kappa shape index (κ1) is 14.8. The molecule has 116 valence electrons. The van der Waals surface area contributed by atoms with Crippen molar-refractivity contribution in [2.24, 2.45) is 0 Å². The van der Waals surface area contributed by atoms with E-state index in [1.165, 1.54) is 0 Å². The molecule has 2 aromatic heterocycles. The highest BCUT2D eigenvalue weighted by molar-refractivity contribution is 5.05. The normalized spacial score (nSPS) is 16.6. The molecule has 22 heavy (non-hydrogen) atoms. The number of ether oxygens (including phenoxy) is 1. The van der Waals surface area contributed by atoms with E-state index in [1.807, 2.05) is 26.2 Å². The zero-order valence-electron chi connectivity index (χ0n) is 13.1. The van der Waals surface area contributed by atoms with Crippen LogP contribution in [0.15, 0.2) is 24.8 Å². The third-order valence-corrected chi connectivity index (χ3v) is 3.76. The van der Waals surface area contributed by atoms with Gasteiger partial charge in [0.2, 0.25) is 0 Å². The lowest BCUT2D eigenvalue weighted by atomic mass is 10.1. The highest BCUT2D eigenvalue weighted by Gasteiger charge is 2.21. The van der Waals surface area contributed by atoms with Gasteiger partial charge in [-0.2, -0.15) is 0 Å². The first-order valence-electron chi connectivity index (χ1n) is 7.64. The van der Waals surface area contributed by atoms with E-state index >= 15 is 0 Å². The number of aryl methyl sites for hydroxylation is 2. The molecule has 0 spiro atoms. The van der Waals surface area contributed by atoms with Gasteiger partial charge in [-0.3, -0.25) is 4.90 Å². The second-order valence-corrected chi connectivity index (χ2v) is 5.81. The summed E-state index contributed by atoms with van der Waals surface area (Å²) in [4.78, 5) is 19.5. The van der Waals surface area contributed by atoms with Crippen LogP contribution in [0.5, 0.6) is 6.01 Å². The van der Waals surface area contributed by atoms with Crippen LogP contribution in [0.3, 0.4) is 0 Å². The van der Waals surface area contributed by atoms with Gasteiger partial charge in [0.1, 0.15) is 11.9 Å². The van der Waals surface area contributed by atoms with Gasteiger partial charge in [0.05, 0.1) is 6.54 Å². The van der Waals surface area contributed by atoms with E-state index in [1.54, 1.807) is 12.4 Å². The van der Waals surface area contributed by atoms with E-state index in [-0.39, 0.29) is 6.10 Å². The Kier molecular flexibility index (Phi) is 4.58. The van der Waals surface area contributed by atoms with E-state index in [2.05, 4.69) is 24.8 Å². The number of piperidine rings is 1. The molecule has 3 rings (SSSR count). The number of nitrogens with zero attached hydrogens (tertiary/aromatic N) is 5. The van der Waals surface area contributed by atoms with Crippen LogP contribution >= 0.6 is 0 Å². The third kappa shape index (κ3) is 3.98. The maximum atomic E-state index is 5.84. The fraction of sp³-hybridized carbons (Fsp3) is 0.500. The Morgan fingerprint density at radius 3 is 2.09 bits per heavy atom. The van der Waals surface area contributed by atoms with Crippen LogP contribution in [0.4, 0.5) is 0 Å². The smallest absolute Gasteiger partial charge is 0.316 e. The van der Waals surface area contributed by atoms with Gasteiger partial charge in [-0.1, -0.05) is 0 Å². The number of likely N-dealkylation sites (tertiary alicyclic amines) is 1. The third-order valence-electron chi connectivity index (χ3n) is 3.76. The fourth-order valence-electron chi connectivity index (χ4n) is 2.48. The lowest BCUT2D eigenvalue weighted by Gasteiger charge is -2.31. The maximum absolute atomic E-state index is 5.84. The van der Waals surface area contributed by atoms with Gasteiger partial charge < -0.3 is 4.74 Å². The van der Waals surface area contributed by atoms with Crippen LogP contribution < -0.4 is 4.74 Å². The quantitative estimate of drug-likeness (QED) is 0.859. The Labute approximate surface area is 130 Å². The number of hydrogen-bond donors (Lipinski definition) is 0. The lowest BCUT2D eigenvalue weighted by molar-refractivity contribution is 0.0879. The highest BCUT2D eigenvalue weighted by atomic mass is 16.5.